The molecule has 0 spiro atoms. The van der Waals surface area contributed by atoms with Crippen molar-refractivity contribution in [1.82, 2.24) is 4.40 Å². The maximum Gasteiger partial charge on any atom is 0.165 e. The second kappa shape index (κ2) is 4.72. The Morgan fingerprint density at radius 3 is 2.48 bits per heavy atom. The van der Waals surface area contributed by atoms with Crippen molar-refractivity contribution in [2.24, 2.45) is 5.41 Å². The van der Waals surface area contributed by atoms with Crippen LogP contribution in [0.2, 0.25) is 0 Å². The minimum absolute atomic E-state index is 0.000755. The van der Waals surface area contributed by atoms with Crippen molar-refractivity contribution in [2.75, 3.05) is 0 Å². The van der Waals surface area contributed by atoms with Crippen LogP contribution in [-0.4, -0.2) is 10.2 Å². The average molecular weight is 327 g/mol. The molecule has 1 aliphatic carbocycles. The topological polar surface area (TPSA) is 21.5 Å². The molecular weight excluding hydrogens is 306 g/mol. The lowest BCUT2D eigenvalue weighted by atomic mass is 9.74. The van der Waals surface area contributed by atoms with Crippen LogP contribution in [0.15, 0.2) is 48.5 Å². The standard InChI is InChI=1S/C23H21NO/c1-14-8-9-18-15(10-14)11-19-16-6-4-5-7-17(16)22-20(24(18)19)12-23(2,3)13-21(22)25/h4-11H,12-13H2,1-3H3. The van der Waals surface area contributed by atoms with E-state index in [1.807, 2.05) is 6.07 Å². The van der Waals surface area contributed by atoms with Crippen molar-refractivity contribution in [3.05, 3.63) is 65.4 Å². The average Bonchev–Trinajstić information content (AvgIpc) is 2.92. The zero-order chi connectivity index (χ0) is 17.3. The second-order valence-electron chi connectivity index (χ2n) is 8.24. The normalized spacial score (nSPS) is 16.7. The minimum Gasteiger partial charge on any atom is -0.312 e. The van der Waals surface area contributed by atoms with Gasteiger partial charge in [-0.05, 0) is 42.3 Å². The van der Waals surface area contributed by atoms with Gasteiger partial charge in [0.15, 0.2) is 5.78 Å². The predicted molar refractivity (Wildman–Crippen MR) is 104 cm³/mol. The maximum absolute atomic E-state index is 13.1. The Hall–Kier alpha value is -2.61. The lowest BCUT2D eigenvalue weighted by Gasteiger charge is -2.32. The number of aromatic nitrogens is 1. The highest BCUT2D eigenvalue weighted by Crippen LogP contribution is 2.41. The molecule has 0 bridgehead atoms. The van der Waals surface area contributed by atoms with Crippen LogP contribution in [-0.2, 0) is 6.42 Å². The van der Waals surface area contributed by atoms with Crippen LogP contribution in [0.1, 0.15) is 41.9 Å². The molecule has 2 nitrogen and oxygen atoms in total. The number of benzene rings is 2. The number of hydrogen-bond donors (Lipinski definition) is 0. The van der Waals surface area contributed by atoms with Crippen molar-refractivity contribution < 1.29 is 4.79 Å². The molecule has 0 fully saturated rings. The van der Waals surface area contributed by atoms with Gasteiger partial charge in [0.1, 0.15) is 0 Å². The Balaban J connectivity index is 2.07. The first-order valence-electron chi connectivity index (χ1n) is 8.93. The summed E-state index contributed by atoms with van der Waals surface area (Å²) >= 11 is 0. The highest BCUT2D eigenvalue weighted by Gasteiger charge is 2.34. The summed E-state index contributed by atoms with van der Waals surface area (Å²) in [6.45, 7) is 6.53. The van der Waals surface area contributed by atoms with Crippen LogP contribution in [0, 0.1) is 12.3 Å². The number of ketones is 1. The summed E-state index contributed by atoms with van der Waals surface area (Å²) in [6, 6.07) is 17.2. The first kappa shape index (κ1) is 14.7. The largest absolute Gasteiger partial charge is 0.312 e. The molecule has 0 amide bonds. The Bertz CT molecular complexity index is 1190. The third kappa shape index (κ3) is 2.00. The second-order valence-corrected chi connectivity index (χ2v) is 8.24. The van der Waals surface area contributed by atoms with Gasteiger partial charge < -0.3 is 4.40 Å². The summed E-state index contributed by atoms with van der Waals surface area (Å²) < 4.78 is 2.34. The van der Waals surface area contributed by atoms with Crippen LogP contribution < -0.4 is 0 Å². The quantitative estimate of drug-likeness (QED) is 0.405. The fraction of sp³-hybridized carbons (Fsp3) is 0.261. The molecule has 0 aliphatic heterocycles. The molecule has 0 radical (unpaired) electrons. The number of carbonyl (C=O) groups is 1. The Morgan fingerprint density at radius 1 is 0.920 bits per heavy atom. The Morgan fingerprint density at radius 2 is 1.68 bits per heavy atom. The van der Waals surface area contributed by atoms with Gasteiger partial charge in [-0.1, -0.05) is 49.7 Å². The molecule has 2 aromatic carbocycles. The molecule has 4 aromatic rings. The molecular formula is C23H21NO. The van der Waals surface area contributed by atoms with E-state index in [-0.39, 0.29) is 11.2 Å². The summed E-state index contributed by atoms with van der Waals surface area (Å²) in [7, 11) is 0. The molecule has 5 rings (SSSR count). The monoisotopic (exact) mass is 327 g/mol. The van der Waals surface area contributed by atoms with Crippen molar-refractivity contribution in [2.45, 2.75) is 33.6 Å². The summed E-state index contributed by atoms with van der Waals surface area (Å²) in [5.41, 5.74) is 5.78. The van der Waals surface area contributed by atoms with E-state index in [1.165, 1.54) is 33.1 Å². The van der Waals surface area contributed by atoms with E-state index in [2.05, 4.69) is 67.6 Å². The van der Waals surface area contributed by atoms with E-state index in [9.17, 15) is 4.79 Å². The highest BCUT2D eigenvalue weighted by atomic mass is 16.1. The lowest BCUT2D eigenvalue weighted by molar-refractivity contribution is 0.0912. The number of fused-ring (bicyclic) bond motifs is 8. The summed E-state index contributed by atoms with van der Waals surface area (Å²) in [5.74, 6) is 0.276. The Kier molecular flexibility index (Phi) is 2.78. The zero-order valence-electron chi connectivity index (χ0n) is 14.9. The van der Waals surface area contributed by atoms with E-state index in [0.717, 1.165) is 17.4 Å². The molecule has 0 saturated carbocycles. The van der Waals surface area contributed by atoms with Gasteiger partial charge in [0.2, 0.25) is 0 Å². The van der Waals surface area contributed by atoms with Crippen molar-refractivity contribution in [1.29, 1.82) is 0 Å². The van der Waals surface area contributed by atoms with Crippen LogP contribution in [0.5, 0.6) is 0 Å². The van der Waals surface area contributed by atoms with Gasteiger partial charge in [-0.15, -0.1) is 0 Å². The number of carbonyl (C=O) groups excluding carboxylic acids is 1. The van der Waals surface area contributed by atoms with E-state index < -0.39 is 0 Å². The van der Waals surface area contributed by atoms with E-state index in [4.69, 9.17) is 0 Å². The molecule has 0 unspecified atom stereocenters. The smallest absolute Gasteiger partial charge is 0.165 e. The van der Waals surface area contributed by atoms with E-state index in [0.29, 0.717) is 6.42 Å². The van der Waals surface area contributed by atoms with Crippen LogP contribution >= 0.6 is 0 Å². The third-order valence-electron chi connectivity index (χ3n) is 5.55. The molecule has 0 atom stereocenters. The van der Waals surface area contributed by atoms with E-state index in [1.54, 1.807) is 0 Å². The maximum atomic E-state index is 13.1. The fourth-order valence-electron chi connectivity index (χ4n) is 4.53. The molecule has 2 heteroatoms. The first-order chi connectivity index (χ1) is 11.9. The summed E-state index contributed by atoms with van der Waals surface area (Å²) in [5, 5.41) is 3.52. The van der Waals surface area contributed by atoms with E-state index >= 15 is 0 Å². The van der Waals surface area contributed by atoms with Gasteiger partial charge in [-0.2, -0.15) is 0 Å². The number of Topliss-reactive ketones (excluding diaryl/α,β-unsaturated/α-hetero) is 1. The van der Waals surface area contributed by atoms with Crippen molar-refractivity contribution >= 4 is 33.0 Å². The fourth-order valence-corrected chi connectivity index (χ4v) is 4.53. The summed E-state index contributed by atoms with van der Waals surface area (Å²) in [6.07, 6.45) is 1.54. The number of pyridine rings is 1. The molecule has 0 N–H and O–H groups in total. The van der Waals surface area contributed by atoms with Crippen molar-refractivity contribution in [3.63, 3.8) is 0 Å². The molecule has 25 heavy (non-hydrogen) atoms. The van der Waals surface area contributed by atoms with Crippen molar-refractivity contribution in [3.8, 4) is 0 Å². The molecule has 2 aromatic heterocycles. The SMILES string of the molecule is Cc1ccc2c(c1)cc1c3ccccc3c3c(n21)CC(C)(C)CC3=O. The third-order valence-corrected chi connectivity index (χ3v) is 5.55. The van der Waals surface area contributed by atoms with Gasteiger partial charge in [0.25, 0.3) is 0 Å². The molecule has 1 aliphatic rings. The Labute approximate surface area is 147 Å². The van der Waals surface area contributed by atoms with Gasteiger partial charge in [0, 0.05) is 28.5 Å². The summed E-state index contributed by atoms with van der Waals surface area (Å²) in [4.78, 5) is 13.1. The van der Waals surface area contributed by atoms with Gasteiger partial charge >= 0.3 is 0 Å². The first-order valence-corrected chi connectivity index (χ1v) is 8.93. The lowest BCUT2D eigenvalue weighted by Crippen LogP contribution is -2.29. The predicted octanol–water partition coefficient (Wildman–Crippen LogP) is 5.71. The molecule has 0 saturated heterocycles. The van der Waals surface area contributed by atoms with Crippen LogP contribution in [0.25, 0.3) is 27.2 Å². The minimum atomic E-state index is 0.000755. The number of hydrogen-bond acceptors (Lipinski definition) is 1. The number of rotatable bonds is 0. The van der Waals surface area contributed by atoms with Crippen LogP contribution in [0.3, 0.4) is 0 Å². The zero-order valence-corrected chi connectivity index (χ0v) is 14.9. The number of nitrogens with zero attached hydrogens (tertiary/aromatic N) is 1. The molecule has 124 valence electrons. The van der Waals surface area contributed by atoms with Crippen LogP contribution in [0.4, 0.5) is 0 Å². The van der Waals surface area contributed by atoms with Gasteiger partial charge in [-0.25, -0.2) is 0 Å². The van der Waals surface area contributed by atoms with Gasteiger partial charge in [-0.3, -0.25) is 4.79 Å². The molecule has 2 heterocycles. The van der Waals surface area contributed by atoms with Gasteiger partial charge in [0.05, 0.1) is 11.0 Å². The highest BCUT2D eigenvalue weighted by molar-refractivity contribution is 6.15. The number of aryl methyl sites for hydroxylation is 1.